The molecule has 0 atom stereocenters. The first-order valence-electron chi connectivity index (χ1n) is 6.39. The second-order valence-corrected chi connectivity index (χ2v) is 7.10. The molecule has 0 aliphatic heterocycles. The Morgan fingerprint density at radius 1 is 0.700 bits per heavy atom. The fraction of sp³-hybridized carbons (Fsp3) is 0. The van der Waals surface area contributed by atoms with Crippen molar-refractivity contribution in [2.75, 3.05) is 0 Å². The Bertz CT molecular complexity index is 667. The molecule has 0 aliphatic carbocycles. The van der Waals surface area contributed by atoms with E-state index in [0.717, 1.165) is 4.88 Å². The molecule has 3 rings (SSSR count). The first-order chi connectivity index (χ1) is 9.93. The molecule has 0 amide bonds. The number of hydrogen-bond donors (Lipinski definition) is 0. The minimum absolute atomic E-state index is 0.610. The Morgan fingerprint density at radius 2 is 1.30 bits per heavy atom. The molecule has 1 aromatic heterocycles. The highest BCUT2D eigenvalue weighted by Crippen LogP contribution is 2.31. The summed E-state index contributed by atoms with van der Waals surface area (Å²) < 4.78 is 0. The van der Waals surface area contributed by atoms with E-state index >= 15 is 0 Å². The van der Waals surface area contributed by atoms with Gasteiger partial charge in [0.25, 0.3) is 0 Å². The van der Waals surface area contributed by atoms with Gasteiger partial charge in [0, 0.05) is 7.92 Å². The SMILES string of the molecule is C(#CP(c1ccccc1)c1ccccc1)c1cccs1. The molecule has 2 heteroatoms. The molecule has 0 bridgehead atoms. The smallest absolute Gasteiger partial charge is 0.0772 e. The van der Waals surface area contributed by atoms with Crippen molar-refractivity contribution in [3.8, 4) is 11.6 Å². The van der Waals surface area contributed by atoms with Gasteiger partial charge in [0.2, 0.25) is 0 Å². The van der Waals surface area contributed by atoms with Gasteiger partial charge in [0.1, 0.15) is 0 Å². The normalized spacial score (nSPS) is 10.1. The summed E-state index contributed by atoms with van der Waals surface area (Å²) in [5, 5.41) is 4.67. The van der Waals surface area contributed by atoms with Gasteiger partial charge in [-0.2, -0.15) is 0 Å². The standard InChI is InChI=1S/C18H13PS/c1-3-8-16(9-4-1)19(17-10-5-2-6-11-17)14-13-18-12-7-15-20-18/h1-12,15H. The highest BCUT2D eigenvalue weighted by atomic mass is 32.1. The Morgan fingerprint density at radius 3 is 1.80 bits per heavy atom. The average Bonchev–Trinajstić information content (AvgIpc) is 3.03. The highest BCUT2D eigenvalue weighted by molar-refractivity contribution is 7.77. The van der Waals surface area contributed by atoms with Gasteiger partial charge in [-0.3, -0.25) is 0 Å². The van der Waals surface area contributed by atoms with Crippen molar-refractivity contribution in [1.82, 2.24) is 0 Å². The first-order valence-corrected chi connectivity index (χ1v) is 8.61. The van der Waals surface area contributed by atoms with Gasteiger partial charge in [0.15, 0.2) is 0 Å². The molecule has 0 saturated heterocycles. The third kappa shape index (κ3) is 3.17. The predicted molar refractivity (Wildman–Crippen MR) is 90.3 cm³/mol. The molecule has 1 heterocycles. The zero-order valence-corrected chi connectivity index (χ0v) is 12.6. The third-order valence-electron chi connectivity index (χ3n) is 2.84. The van der Waals surface area contributed by atoms with E-state index in [1.165, 1.54) is 10.6 Å². The van der Waals surface area contributed by atoms with Crippen molar-refractivity contribution in [3.63, 3.8) is 0 Å². The number of rotatable bonds is 2. The molecule has 3 aromatic rings. The largest absolute Gasteiger partial charge is 0.135 e. The third-order valence-corrected chi connectivity index (χ3v) is 5.59. The van der Waals surface area contributed by atoms with Crippen LogP contribution in [0.1, 0.15) is 4.88 Å². The maximum Gasteiger partial charge on any atom is 0.0772 e. The lowest BCUT2D eigenvalue weighted by atomic mass is 10.4. The molecule has 0 radical (unpaired) electrons. The van der Waals surface area contributed by atoms with Crippen LogP contribution in [0.15, 0.2) is 78.2 Å². The Hall–Kier alpha value is -1.87. The van der Waals surface area contributed by atoms with Gasteiger partial charge in [-0.05, 0) is 22.1 Å². The van der Waals surface area contributed by atoms with E-state index in [1.807, 2.05) is 6.07 Å². The van der Waals surface area contributed by atoms with Crippen LogP contribution in [0.4, 0.5) is 0 Å². The van der Waals surface area contributed by atoms with E-state index in [-0.39, 0.29) is 0 Å². The van der Waals surface area contributed by atoms with Gasteiger partial charge >= 0.3 is 0 Å². The van der Waals surface area contributed by atoms with Crippen LogP contribution in [0.25, 0.3) is 0 Å². The molecule has 0 spiro atoms. The van der Waals surface area contributed by atoms with Crippen molar-refractivity contribution in [3.05, 3.63) is 83.1 Å². The van der Waals surface area contributed by atoms with E-state index in [9.17, 15) is 0 Å². The Labute approximate surface area is 124 Å². The van der Waals surface area contributed by atoms with E-state index in [0.29, 0.717) is 0 Å². The number of thiophene rings is 1. The molecule has 20 heavy (non-hydrogen) atoms. The predicted octanol–water partition coefficient (Wildman–Crippen LogP) is 4.19. The summed E-state index contributed by atoms with van der Waals surface area (Å²) in [5.74, 6) is 3.32. The van der Waals surface area contributed by atoms with Crippen LogP contribution in [0, 0.1) is 11.6 Å². The summed E-state index contributed by atoms with van der Waals surface area (Å²) in [7, 11) is -0.610. The maximum absolute atomic E-state index is 3.48. The first kappa shape index (κ1) is 13.1. The van der Waals surface area contributed by atoms with Gasteiger partial charge in [-0.25, -0.2) is 0 Å². The minimum Gasteiger partial charge on any atom is -0.135 e. The Kier molecular flexibility index (Phi) is 4.28. The second-order valence-electron chi connectivity index (χ2n) is 4.22. The Balaban J connectivity index is 2.00. The van der Waals surface area contributed by atoms with E-state index < -0.39 is 7.92 Å². The fourth-order valence-electron chi connectivity index (χ4n) is 1.89. The van der Waals surface area contributed by atoms with E-state index in [4.69, 9.17) is 0 Å². The molecule has 0 fully saturated rings. The summed E-state index contributed by atoms with van der Waals surface area (Å²) in [4.78, 5) is 1.13. The summed E-state index contributed by atoms with van der Waals surface area (Å²) in [5.41, 5.74) is 3.48. The maximum atomic E-state index is 3.48. The van der Waals surface area contributed by atoms with Crippen molar-refractivity contribution in [2.24, 2.45) is 0 Å². The highest BCUT2D eigenvalue weighted by Gasteiger charge is 2.10. The van der Waals surface area contributed by atoms with Crippen molar-refractivity contribution < 1.29 is 0 Å². The molecule has 0 N–H and O–H groups in total. The lowest BCUT2D eigenvalue weighted by Crippen LogP contribution is -2.09. The van der Waals surface area contributed by atoms with Crippen LogP contribution >= 0.6 is 19.3 Å². The van der Waals surface area contributed by atoms with E-state index in [1.54, 1.807) is 11.3 Å². The van der Waals surface area contributed by atoms with Gasteiger partial charge in [-0.15, -0.1) is 11.3 Å². The summed E-state index contributed by atoms with van der Waals surface area (Å²) in [6.45, 7) is 0. The number of benzene rings is 2. The average molecular weight is 292 g/mol. The summed E-state index contributed by atoms with van der Waals surface area (Å²) >= 11 is 1.69. The molecule has 0 nitrogen and oxygen atoms in total. The van der Waals surface area contributed by atoms with Crippen molar-refractivity contribution >= 4 is 29.9 Å². The summed E-state index contributed by atoms with van der Waals surface area (Å²) in [6, 6.07) is 25.2. The second kappa shape index (κ2) is 6.53. The van der Waals surface area contributed by atoms with Gasteiger partial charge in [-0.1, -0.05) is 78.3 Å². The zero-order valence-electron chi connectivity index (χ0n) is 10.9. The van der Waals surface area contributed by atoms with Crippen LogP contribution in [0.2, 0.25) is 0 Å². The van der Waals surface area contributed by atoms with Crippen molar-refractivity contribution in [2.45, 2.75) is 0 Å². The van der Waals surface area contributed by atoms with Crippen LogP contribution < -0.4 is 10.6 Å². The molecule has 0 saturated carbocycles. The fourth-order valence-corrected chi connectivity index (χ4v) is 4.27. The zero-order chi connectivity index (χ0) is 13.6. The minimum atomic E-state index is -0.610. The van der Waals surface area contributed by atoms with Crippen LogP contribution in [-0.2, 0) is 0 Å². The number of hydrogen-bond acceptors (Lipinski definition) is 1. The molecular formula is C18H13PS. The lowest BCUT2D eigenvalue weighted by molar-refractivity contribution is 1.76. The molecular weight excluding hydrogens is 279 g/mol. The lowest BCUT2D eigenvalue weighted by Gasteiger charge is -2.11. The van der Waals surface area contributed by atoms with Crippen molar-refractivity contribution in [1.29, 1.82) is 0 Å². The molecule has 0 aliphatic rings. The van der Waals surface area contributed by atoms with Gasteiger partial charge in [0.05, 0.1) is 4.88 Å². The molecule has 2 aromatic carbocycles. The van der Waals surface area contributed by atoms with Crippen LogP contribution in [0.5, 0.6) is 0 Å². The summed E-state index contributed by atoms with van der Waals surface area (Å²) in [6.07, 6.45) is 0. The van der Waals surface area contributed by atoms with Crippen LogP contribution in [0.3, 0.4) is 0 Å². The monoisotopic (exact) mass is 292 g/mol. The topological polar surface area (TPSA) is 0 Å². The molecule has 0 unspecified atom stereocenters. The van der Waals surface area contributed by atoms with Gasteiger partial charge < -0.3 is 0 Å². The van der Waals surface area contributed by atoms with Crippen LogP contribution in [-0.4, -0.2) is 0 Å². The molecule has 96 valence electrons. The van der Waals surface area contributed by atoms with E-state index in [2.05, 4.69) is 83.7 Å². The quantitative estimate of drug-likeness (QED) is 0.491.